The number of rotatable bonds is 1. The topological polar surface area (TPSA) is 29.1 Å². The average molecular weight is 272 g/mol. The summed E-state index contributed by atoms with van der Waals surface area (Å²) in [5.74, 6) is 0.0428. The maximum absolute atomic E-state index is 11.9. The smallest absolute Gasteiger partial charge is 0.225 e. The van der Waals surface area contributed by atoms with Gasteiger partial charge in [-0.05, 0) is 29.2 Å². The van der Waals surface area contributed by atoms with Crippen LogP contribution in [0.1, 0.15) is 28.3 Å². The summed E-state index contributed by atoms with van der Waals surface area (Å²) >= 11 is 6.39. The van der Waals surface area contributed by atoms with E-state index in [1.807, 2.05) is 43.3 Å². The predicted octanol–water partition coefficient (Wildman–Crippen LogP) is 3.41. The Hall–Kier alpha value is -1.80. The van der Waals surface area contributed by atoms with E-state index >= 15 is 0 Å². The summed E-state index contributed by atoms with van der Waals surface area (Å²) in [5, 5.41) is 3.76. The van der Waals surface area contributed by atoms with Crippen molar-refractivity contribution in [2.75, 3.05) is 0 Å². The highest BCUT2D eigenvalue weighted by Crippen LogP contribution is 2.34. The molecule has 1 aliphatic heterocycles. The second-order valence-corrected chi connectivity index (χ2v) is 5.23. The largest absolute Gasteiger partial charge is 0.345 e. The molecule has 19 heavy (non-hydrogen) atoms. The van der Waals surface area contributed by atoms with Gasteiger partial charge in [0.15, 0.2) is 0 Å². The Morgan fingerprint density at radius 1 is 1.11 bits per heavy atom. The number of fused-ring (bicyclic) bond motifs is 1. The lowest BCUT2D eigenvalue weighted by Gasteiger charge is -2.28. The van der Waals surface area contributed by atoms with Gasteiger partial charge >= 0.3 is 0 Å². The summed E-state index contributed by atoms with van der Waals surface area (Å²) in [6, 6.07) is 13.8. The summed E-state index contributed by atoms with van der Waals surface area (Å²) in [7, 11) is 0. The molecule has 0 aromatic heterocycles. The minimum atomic E-state index is -0.148. The fourth-order valence-electron chi connectivity index (χ4n) is 2.58. The number of carbonyl (C=O) groups is 1. The van der Waals surface area contributed by atoms with Crippen LogP contribution in [0.5, 0.6) is 0 Å². The molecule has 2 aromatic rings. The van der Waals surface area contributed by atoms with Crippen molar-refractivity contribution in [2.24, 2.45) is 0 Å². The van der Waals surface area contributed by atoms with Crippen molar-refractivity contribution in [3.63, 3.8) is 0 Å². The molecule has 1 N–H and O–H groups in total. The van der Waals surface area contributed by atoms with Crippen LogP contribution < -0.4 is 5.32 Å². The van der Waals surface area contributed by atoms with E-state index in [2.05, 4.69) is 11.4 Å². The number of benzene rings is 2. The fraction of sp³-hybridized carbons (Fsp3) is 0.188. The minimum absolute atomic E-state index is 0.0428. The highest BCUT2D eigenvalue weighted by atomic mass is 35.5. The number of nitrogens with one attached hydrogen (secondary N) is 1. The zero-order valence-electron chi connectivity index (χ0n) is 10.6. The highest BCUT2D eigenvalue weighted by molar-refractivity contribution is 6.32. The standard InChI is InChI=1S/C16H14ClNO/c1-10-5-4-8-13(15(10)17)16-12-7-3-2-6-11(12)9-14(19)18-16/h2-8,16H,9H2,1H3,(H,18,19). The molecule has 1 unspecified atom stereocenters. The Morgan fingerprint density at radius 2 is 1.84 bits per heavy atom. The first-order chi connectivity index (χ1) is 9.16. The van der Waals surface area contributed by atoms with Crippen molar-refractivity contribution < 1.29 is 4.79 Å². The molecule has 2 aromatic carbocycles. The molecule has 0 fully saturated rings. The Morgan fingerprint density at radius 3 is 2.68 bits per heavy atom. The van der Waals surface area contributed by atoms with Crippen molar-refractivity contribution in [2.45, 2.75) is 19.4 Å². The SMILES string of the molecule is Cc1cccc(C2NC(=O)Cc3ccccc32)c1Cl. The molecule has 96 valence electrons. The van der Waals surface area contributed by atoms with Gasteiger partial charge in [-0.3, -0.25) is 4.79 Å². The van der Waals surface area contributed by atoms with E-state index in [1.165, 1.54) is 0 Å². The van der Waals surface area contributed by atoms with E-state index in [1.54, 1.807) is 0 Å². The normalized spacial score (nSPS) is 17.8. The van der Waals surface area contributed by atoms with Crippen LogP contribution in [0.3, 0.4) is 0 Å². The quantitative estimate of drug-likeness (QED) is 0.846. The van der Waals surface area contributed by atoms with E-state index < -0.39 is 0 Å². The third-order valence-electron chi connectivity index (χ3n) is 3.56. The summed E-state index contributed by atoms with van der Waals surface area (Å²) in [6.45, 7) is 1.97. The Labute approximate surface area is 117 Å². The summed E-state index contributed by atoms with van der Waals surface area (Å²) in [4.78, 5) is 11.9. The van der Waals surface area contributed by atoms with Crippen molar-refractivity contribution in [3.8, 4) is 0 Å². The molecule has 0 spiro atoms. The first-order valence-electron chi connectivity index (χ1n) is 6.29. The predicted molar refractivity (Wildman–Crippen MR) is 76.3 cm³/mol. The van der Waals surface area contributed by atoms with Crippen molar-refractivity contribution in [1.82, 2.24) is 5.32 Å². The first kappa shape index (κ1) is 12.2. The second-order valence-electron chi connectivity index (χ2n) is 4.85. The molecule has 0 saturated carbocycles. The van der Waals surface area contributed by atoms with Crippen LogP contribution >= 0.6 is 11.6 Å². The van der Waals surface area contributed by atoms with Gasteiger partial charge in [-0.25, -0.2) is 0 Å². The van der Waals surface area contributed by atoms with Crippen LogP contribution in [0, 0.1) is 6.92 Å². The van der Waals surface area contributed by atoms with E-state index in [-0.39, 0.29) is 11.9 Å². The lowest BCUT2D eigenvalue weighted by atomic mass is 9.89. The molecule has 3 rings (SSSR count). The van der Waals surface area contributed by atoms with Crippen LogP contribution in [0.15, 0.2) is 42.5 Å². The number of aryl methyl sites for hydroxylation is 1. The third-order valence-corrected chi connectivity index (χ3v) is 4.07. The number of hydrogen-bond donors (Lipinski definition) is 1. The number of amides is 1. The molecule has 1 atom stereocenters. The summed E-state index contributed by atoms with van der Waals surface area (Å²) < 4.78 is 0. The molecular weight excluding hydrogens is 258 g/mol. The van der Waals surface area contributed by atoms with Gasteiger partial charge in [-0.1, -0.05) is 54.1 Å². The fourth-order valence-corrected chi connectivity index (χ4v) is 2.81. The van der Waals surface area contributed by atoms with Crippen molar-refractivity contribution in [3.05, 3.63) is 69.7 Å². The highest BCUT2D eigenvalue weighted by Gasteiger charge is 2.26. The lowest BCUT2D eigenvalue weighted by molar-refractivity contribution is -0.121. The molecular formula is C16H14ClNO. The number of halogens is 1. The molecule has 0 saturated heterocycles. The minimum Gasteiger partial charge on any atom is -0.345 e. The van der Waals surface area contributed by atoms with Crippen LogP contribution in [0.2, 0.25) is 5.02 Å². The molecule has 0 aliphatic carbocycles. The van der Waals surface area contributed by atoms with Gasteiger partial charge in [0, 0.05) is 5.02 Å². The molecule has 2 nitrogen and oxygen atoms in total. The average Bonchev–Trinajstić information content (AvgIpc) is 2.41. The maximum atomic E-state index is 11.9. The third kappa shape index (κ3) is 2.13. The van der Waals surface area contributed by atoms with Gasteiger partial charge < -0.3 is 5.32 Å². The first-order valence-corrected chi connectivity index (χ1v) is 6.67. The zero-order chi connectivity index (χ0) is 13.4. The van der Waals surface area contributed by atoms with E-state index in [0.29, 0.717) is 6.42 Å². The number of carbonyl (C=O) groups excluding carboxylic acids is 1. The second kappa shape index (κ2) is 4.71. The van der Waals surface area contributed by atoms with Crippen LogP contribution in [-0.2, 0) is 11.2 Å². The Bertz CT molecular complexity index is 651. The van der Waals surface area contributed by atoms with Crippen LogP contribution in [0.4, 0.5) is 0 Å². The van der Waals surface area contributed by atoms with Crippen LogP contribution in [-0.4, -0.2) is 5.91 Å². The molecule has 1 heterocycles. The Kier molecular flexibility index (Phi) is 3.03. The molecule has 3 heteroatoms. The molecule has 0 bridgehead atoms. The number of hydrogen-bond acceptors (Lipinski definition) is 1. The van der Waals surface area contributed by atoms with Gasteiger partial charge in [0.2, 0.25) is 5.91 Å². The lowest BCUT2D eigenvalue weighted by Crippen LogP contribution is -2.36. The molecule has 1 amide bonds. The van der Waals surface area contributed by atoms with Crippen molar-refractivity contribution >= 4 is 17.5 Å². The monoisotopic (exact) mass is 271 g/mol. The van der Waals surface area contributed by atoms with Gasteiger partial charge in [0.25, 0.3) is 0 Å². The molecule has 1 aliphatic rings. The summed E-state index contributed by atoms with van der Waals surface area (Å²) in [6.07, 6.45) is 0.441. The summed E-state index contributed by atoms with van der Waals surface area (Å²) in [5.41, 5.74) is 4.20. The van der Waals surface area contributed by atoms with Crippen LogP contribution in [0.25, 0.3) is 0 Å². The Balaban J connectivity index is 2.15. The van der Waals surface area contributed by atoms with Crippen molar-refractivity contribution in [1.29, 1.82) is 0 Å². The maximum Gasteiger partial charge on any atom is 0.225 e. The van der Waals surface area contributed by atoms with Gasteiger partial charge in [0.1, 0.15) is 0 Å². The van der Waals surface area contributed by atoms with Gasteiger partial charge in [-0.2, -0.15) is 0 Å². The van der Waals surface area contributed by atoms with Gasteiger partial charge in [0.05, 0.1) is 12.5 Å². The molecule has 0 radical (unpaired) electrons. The van der Waals surface area contributed by atoms with Gasteiger partial charge in [-0.15, -0.1) is 0 Å². The zero-order valence-corrected chi connectivity index (χ0v) is 11.4. The van der Waals surface area contributed by atoms with E-state index in [9.17, 15) is 4.79 Å². The van der Waals surface area contributed by atoms with E-state index in [0.717, 1.165) is 27.3 Å². The van der Waals surface area contributed by atoms with E-state index in [4.69, 9.17) is 11.6 Å².